The van der Waals surface area contributed by atoms with Gasteiger partial charge in [-0.3, -0.25) is 9.59 Å². The second-order valence-electron chi connectivity index (χ2n) is 11.4. The molecule has 0 heterocycles. The third-order valence-electron chi connectivity index (χ3n) is 7.33. The number of hydrogen-bond acceptors (Lipinski definition) is 7. The zero-order chi connectivity index (χ0) is 33.2. The summed E-state index contributed by atoms with van der Waals surface area (Å²) in [5, 5.41) is 9.48. The van der Waals surface area contributed by atoms with Gasteiger partial charge in [0.25, 0.3) is 11.8 Å². The maximum Gasteiger partial charge on any atom is 0.255 e. The fraction of sp³-hybridized carbons (Fsp3) is 0.622. The molecule has 0 unspecified atom stereocenters. The number of para-hydroxylation sites is 2. The highest BCUT2D eigenvalue weighted by molar-refractivity contribution is 5.98. The van der Waals surface area contributed by atoms with E-state index in [9.17, 15) is 9.59 Å². The second kappa shape index (κ2) is 24.7. The van der Waals surface area contributed by atoms with Crippen LogP contribution in [0.3, 0.4) is 0 Å². The highest BCUT2D eigenvalue weighted by atomic mass is 16.5. The molecular weight excluding hydrogens is 582 g/mol. The molecule has 9 heteroatoms. The Morgan fingerprint density at radius 1 is 0.500 bits per heavy atom. The minimum absolute atomic E-state index is 0.145. The summed E-state index contributed by atoms with van der Waals surface area (Å²) >= 11 is 0. The molecule has 258 valence electrons. The van der Waals surface area contributed by atoms with Gasteiger partial charge in [0, 0.05) is 13.1 Å². The van der Waals surface area contributed by atoms with Crippen LogP contribution in [-0.2, 0) is 0 Å². The Kier molecular flexibility index (Phi) is 20.8. The molecule has 9 nitrogen and oxygen atoms in total. The Hall–Kier alpha value is -3.46. The number of benzene rings is 2. The van der Waals surface area contributed by atoms with Gasteiger partial charge >= 0.3 is 0 Å². The summed E-state index contributed by atoms with van der Waals surface area (Å²) in [6, 6.07) is 11.0. The van der Waals surface area contributed by atoms with E-state index in [1.54, 1.807) is 12.1 Å². The van der Waals surface area contributed by atoms with E-state index in [4.69, 9.17) is 18.9 Å². The molecule has 0 aliphatic carbocycles. The Morgan fingerprint density at radius 2 is 0.891 bits per heavy atom. The largest absolute Gasteiger partial charge is 0.490 e. The molecule has 3 N–H and O–H groups in total. The maximum absolute atomic E-state index is 13.0. The van der Waals surface area contributed by atoms with Crippen LogP contribution in [0.4, 0.5) is 0 Å². The van der Waals surface area contributed by atoms with E-state index in [1.165, 1.54) is 0 Å². The smallest absolute Gasteiger partial charge is 0.255 e. The SMILES string of the molecule is CCCCOc1cccc(C(=O)NCCCCNCCCNC(=O)c2cccc(OCCCC)c2OCCCC)c1OCCCC. The number of nitrogens with one attached hydrogen (secondary N) is 3. The molecule has 0 aliphatic rings. The van der Waals surface area contributed by atoms with E-state index < -0.39 is 0 Å². The van der Waals surface area contributed by atoms with Crippen LogP contribution in [0, 0.1) is 0 Å². The van der Waals surface area contributed by atoms with Crippen molar-refractivity contribution in [2.24, 2.45) is 0 Å². The third-order valence-corrected chi connectivity index (χ3v) is 7.33. The summed E-state index contributed by atoms with van der Waals surface area (Å²) in [7, 11) is 0. The summed E-state index contributed by atoms with van der Waals surface area (Å²) in [5.41, 5.74) is 1.02. The number of carbonyl (C=O) groups is 2. The first kappa shape index (κ1) is 38.7. The van der Waals surface area contributed by atoms with E-state index in [0.29, 0.717) is 73.6 Å². The van der Waals surface area contributed by atoms with Crippen molar-refractivity contribution >= 4 is 11.8 Å². The maximum atomic E-state index is 13.0. The van der Waals surface area contributed by atoms with Gasteiger partial charge in [0.1, 0.15) is 0 Å². The summed E-state index contributed by atoms with van der Waals surface area (Å²) in [4.78, 5) is 26.0. The average molecular weight is 642 g/mol. The predicted octanol–water partition coefficient (Wildman–Crippen LogP) is 7.32. The molecule has 2 aromatic rings. The molecule has 0 radical (unpaired) electrons. The lowest BCUT2D eigenvalue weighted by molar-refractivity contribution is 0.0939. The van der Waals surface area contributed by atoms with Crippen LogP contribution >= 0.6 is 0 Å². The predicted molar refractivity (Wildman–Crippen MR) is 186 cm³/mol. The monoisotopic (exact) mass is 641 g/mol. The molecule has 0 atom stereocenters. The number of unbranched alkanes of at least 4 members (excludes halogenated alkanes) is 5. The first-order chi connectivity index (χ1) is 22.6. The van der Waals surface area contributed by atoms with Crippen LogP contribution in [-0.4, -0.2) is 64.4 Å². The zero-order valence-corrected chi connectivity index (χ0v) is 28.8. The van der Waals surface area contributed by atoms with Gasteiger partial charge in [-0.25, -0.2) is 0 Å². The highest BCUT2D eigenvalue weighted by Gasteiger charge is 2.18. The van der Waals surface area contributed by atoms with Gasteiger partial charge in [-0.05, 0) is 82.3 Å². The number of amides is 2. The minimum Gasteiger partial charge on any atom is -0.490 e. The lowest BCUT2D eigenvalue weighted by Crippen LogP contribution is -2.28. The van der Waals surface area contributed by atoms with Crippen LogP contribution in [0.5, 0.6) is 23.0 Å². The molecule has 2 amide bonds. The van der Waals surface area contributed by atoms with Gasteiger partial charge in [0.05, 0.1) is 37.6 Å². The van der Waals surface area contributed by atoms with E-state index in [0.717, 1.165) is 83.7 Å². The third kappa shape index (κ3) is 14.8. The summed E-state index contributed by atoms with van der Waals surface area (Å²) in [6.45, 7) is 13.5. The van der Waals surface area contributed by atoms with Crippen molar-refractivity contribution in [3.05, 3.63) is 47.5 Å². The topological polar surface area (TPSA) is 107 Å². The number of hydrogen-bond donors (Lipinski definition) is 3. The van der Waals surface area contributed by atoms with Crippen molar-refractivity contribution in [2.45, 2.75) is 98.3 Å². The van der Waals surface area contributed by atoms with Crippen molar-refractivity contribution in [3.63, 3.8) is 0 Å². The molecule has 0 aromatic heterocycles. The van der Waals surface area contributed by atoms with E-state index in [1.807, 2.05) is 24.3 Å². The molecule has 2 rings (SSSR count). The lowest BCUT2D eigenvalue weighted by Gasteiger charge is -2.16. The second-order valence-corrected chi connectivity index (χ2v) is 11.4. The lowest BCUT2D eigenvalue weighted by atomic mass is 10.1. The van der Waals surface area contributed by atoms with Crippen LogP contribution in [0.15, 0.2) is 36.4 Å². The van der Waals surface area contributed by atoms with E-state index in [2.05, 4.69) is 43.6 Å². The Balaban J connectivity index is 1.71. The van der Waals surface area contributed by atoms with Gasteiger partial charge in [-0.2, -0.15) is 0 Å². The van der Waals surface area contributed by atoms with Crippen LogP contribution in [0.25, 0.3) is 0 Å². The number of carbonyl (C=O) groups excluding carboxylic acids is 2. The van der Waals surface area contributed by atoms with Crippen molar-refractivity contribution < 1.29 is 28.5 Å². The molecule has 2 aromatic carbocycles. The molecule has 46 heavy (non-hydrogen) atoms. The molecule has 0 fully saturated rings. The van der Waals surface area contributed by atoms with Crippen molar-refractivity contribution in [1.82, 2.24) is 16.0 Å². The van der Waals surface area contributed by atoms with Crippen molar-refractivity contribution in [2.75, 3.05) is 52.6 Å². The zero-order valence-electron chi connectivity index (χ0n) is 28.8. The fourth-order valence-electron chi connectivity index (χ4n) is 4.51. The van der Waals surface area contributed by atoms with Crippen LogP contribution in [0.2, 0.25) is 0 Å². The molecular formula is C37H59N3O6. The minimum atomic E-state index is -0.153. The molecule has 0 saturated carbocycles. The first-order valence-electron chi connectivity index (χ1n) is 17.6. The van der Waals surface area contributed by atoms with Crippen molar-refractivity contribution in [1.29, 1.82) is 0 Å². The number of ether oxygens (including phenoxy) is 4. The molecule has 0 spiro atoms. The standard InChI is InChI=1S/C37H59N3O6/c1-5-9-26-43-32-20-15-18-30(34(32)45-28-11-7-3)36(41)39-24-14-13-22-38-23-17-25-40-37(42)31-19-16-21-33(44-27-10-6-2)35(31)46-29-12-8-4/h15-16,18-21,38H,5-14,17,22-29H2,1-4H3,(H,39,41)(H,40,42). The van der Waals surface area contributed by atoms with Gasteiger partial charge in [-0.1, -0.05) is 65.5 Å². The van der Waals surface area contributed by atoms with E-state index >= 15 is 0 Å². The Bertz CT molecular complexity index is 1040. The van der Waals surface area contributed by atoms with Gasteiger partial charge in [0.2, 0.25) is 0 Å². The molecule has 0 aliphatic heterocycles. The molecule has 0 bridgehead atoms. The molecule has 0 saturated heterocycles. The summed E-state index contributed by atoms with van der Waals surface area (Å²) in [6.07, 6.45) is 10.4. The average Bonchev–Trinajstić information content (AvgIpc) is 3.06. The Morgan fingerprint density at radius 3 is 1.35 bits per heavy atom. The quantitative estimate of drug-likeness (QED) is 0.0878. The number of rotatable bonds is 27. The van der Waals surface area contributed by atoms with Gasteiger partial charge in [-0.15, -0.1) is 0 Å². The first-order valence-corrected chi connectivity index (χ1v) is 17.6. The normalized spacial score (nSPS) is 10.8. The van der Waals surface area contributed by atoms with Gasteiger partial charge in [0.15, 0.2) is 23.0 Å². The van der Waals surface area contributed by atoms with Gasteiger partial charge < -0.3 is 34.9 Å². The van der Waals surface area contributed by atoms with Crippen LogP contribution in [0.1, 0.15) is 119 Å². The summed E-state index contributed by atoms with van der Waals surface area (Å²) < 4.78 is 23.9. The summed E-state index contributed by atoms with van der Waals surface area (Å²) in [5.74, 6) is 2.02. The fourth-order valence-corrected chi connectivity index (χ4v) is 4.51. The Labute approximate surface area is 277 Å². The van der Waals surface area contributed by atoms with E-state index in [-0.39, 0.29) is 11.8 Å². The highest BCUT2D eigenvalue weighted by Crippen LogP contribution is 2.33. The van der Waals surface area contributed by atoms with Crippen LogP contribution < -0.4 is 34.9 Å². The van der Waals surface area contributed by atoms with Crippen molar-refractivity contribution in [3.8, 4) is 23.0 Å².